The molecule has 0 aliphatic heterocycles. The molecule has 0 atom stereocenters. The molecule has 0 aromatic heterocycles. The van der Waals surface area contributed by atoms with Crippen LogP contribution >= 0.6 is 0 Å². The molecule has 0 saturated heterocycles. The van der Waals surface area contributed by atoms with Crippen molar-refractivity contribution in [3.8, 4) is 5.75 Å². The Morgan fingerprint density at radius 2 is 1.93 bits per heavy atom. The number of hydrogen-bond donors (Lipinski definition) is 2. The number of carbonyl (C=O) groups is 1. The van der Waals surface area contributed by atoms with Gasteiger partial charge in [0.1, 0.15) is 11.3 Å². The summed E-state index contributed by atoms with van der Waals surface area (Å²) < 4.78 is 33.8. The zero-order chi connectivity index (χ0) is 11.5. The second-order valence-electron chi connectivity index (χ2n) is 2.65. The van der Waals surface area contributed by atoms with Crippen molar-refractivity contribution in [2.24, 2.45) is 0 Å². The average Bonchev–Trinajstić information content (AvgIpc) is 2.14. The van der Waals surface area contributed by atoms with Crippen LogP contribution in [0, 0.1) is 0 Å². The van der Waals surface area contributed by atoms with Gasteiger partial charge in [-0.15, -0.1) is 0 Å². The van der Waals surface area contributed by atoms with Crippen molar-refractivity contribution in [1.29, 1.82) is 0 Å². The number of carboxylic acid groups (broad SMARTS) is 1. The Balaban J connectivity index is 2.90. The summed E-state index contributed by atoms with van der Waals surface area (Å²) in [6.07, 6.45) is 0. The van der Waals surface area contributed by atoms with Crippen molar-refractivity contribution >= 4 is 16.1 Å². The zero-order valence-electron chi connectivity index (χ0n) is 7.45. The Hall–Kier alpha value is -1.60. The van der Waals surface area contributed by atoms with E-state index >= 15 is 0 Å². The first-order valence-corrected chi connectivity index (χ1v) is 5.41. The smallest absolute Gasteiger partial charge is 0.339 e. The monoisotopic (exact) mass is 232 g/mol. The van der Waals surface area contributed by atoms with Gasteiger partial charge in [0.15, 0.2) is 0 Å². The summed E-state index contributed by atoms with van der Waals surface area (Å²) in [6, 6.07) is 5.53. The normalized spacial score (nSPS) is 11.0. The van der Waals surface area contributed by atoms with Gasteiger partial charge in [0.2, 0.25) is 5.94 Å². The molecule has 82 valence electrons. The lowest BCUT2D eigenvalue weighted by Crippen LogP contribution is -2.12. The molecule has 2 N–H and O–H groups in total. The predicted octanol–water partition coefficient (Wildman–Crippen LogP) is 0.609. The SMILES string of the molecule is O=C(O)c1ccccc1OCS(=O)(=O)O. The number of benzene rings is 1. The lowest BCUT2D eigenvalue weighted by atomic mass is 10.2. The van der Waals surface area contributed by atoms with Crippen molar-refractivity contribution in [3.63, 3.8) is 0 Å². The van der Waals surface area contributed by atoms with E-state index in [-0.39, 0.29) is 11.3 Å². The van der Waals surface area contributed by atoms with Crippen LogP contribution in [0.15, 0.2) is 24.3 Å². The van der Waals surface area contributed by atoms with Crippen molar-refractivity contribution in [3.05, 3.63) is 29.8 Å². The lowest BCUT2D eigenvalue weighted by molar-refractivity contribution is 0.0692. The van der Waals surface area contributed by atoms with E-state index in [1.54, 1.807) is 0 Å². The summed E-state index contributed by atoms with van der Waals surface area (Å²) >= 11 is 0. The minimum Gasteiger partial charge on any atom is -0.478 e. The van der Waals surface area contributed by atoms with Gasteiger partial charge >= 0.3 is 16.1 Å². The summed E-state index contributed by atoms with van der Waals surface area (Å²) in [6.45, 7) is 0. The van der Waals surface area contributed by atoms with E-state index in [0.717, 1.165) is 0 Å². The molecular formula is C8H8O6S. The maximum absolute atomic E-state index is 10.7. The molecule has 0 bridgehead atoms. The van der Waals surface area contributed by atoms with Crippen LogP contribution in [0.25, 0.3) is 0 Å². The number of carboxylic acids is 1. The molecule has 0 radical (unpaired) electrons. The largest absolute Gasteiger partial charge is 0.478 e. The number of aromatic carboxylic acids is 1. The third kappa shape index (κ3) is 3.56. The van der Waals surface area contributed by atoms with Gasteiger partial charge in [-0.1, -0.05) is 12.1 Å². The molecule has 0 fully saturated rings. The van der Waals surface area contributed by atoms with E-state index in [9.17, 15) is 13.2 Å². The van der Waals surface area contributed by atoms with Crippen LogP contribution in [0.5, 0.6) is 5.75 Å². The quantitative estimate of drug-likeness (QED) is 0.737. The minimum atomic E-state index is -4.28. The Bertz CT molecular complexity index is 464. The molecule has 1 aromatic rings. The molecule has 0 spiro atoms. The highest BCUT2D eigenvalue weighted by molar-refractivity contribution is 7.85. The van der Waals surface area contributed by atoms with Crippen LogP contribution in [0.2, 0.25) is 0 Å². The number of hydrogen-bond acceptors (Lipinski definition) is 4. The molecule has 15 heavy (non-hydrogen) atoms. The average molecular weight is 232 g/mol. The second kappa shape index (κ2) is 4.28. The van der Waals surface area contributed by atoms with Crippen LogP contribution in [0.3, 0.4) is 0 Å². The van der Waals surface area contributed by atoms with E-state index in [2.05, 4.69) is 4.74 Å². The third-order valence-electron chi connectivity index (χ3n) is 1.48. The van der Waals surface area contributed by atoms with Crippen molar-refractivity contribution in [2.75, 3.05) is 5.94 Å². The standard InChI is InChI=1S/C8H8O6S/c9-8(10)6-3-1-2-4-7(6)14-5-15(11,12)13/h1-4H,5H2,(H,9,10)(H,11,12,13). The Kier molecular flexibility index (Phi) is 3.28. The highest BCUT2D eigenvalue weighted by Crippen LogP contribution is 2.17. The van der Waals surface area contributed by atoms with Gasteiger partial charge in [-0.3, -0.25) is 4.55 Å². The van der Waals surface area contributed by atoms with Gasteiger partial charge in [0, 0.05) is 0 Å². The molecular weight excluding hydrogens is 224 g/mol. The number of para-hydroxylation sites is 1. The van der Waals surface area contributed by atoms with Gasteiger partial charge < -0.3 is 9.84 Å². The maximum Gasteiger partial charge on any atom is 0.339 e. The van der Waals surface area contributed by atoms with Crippen LogP contribution in [-0.4, -0.2) is 30.0 Å². The summed E-state index contributed by atoms with van der Waals surface area (Å²) in [7, 11) is -4.28. The Labute approximate surface area is 85.9 Å². The first-order chi connectivity index (χ1) is 6.90. The minimum absolute atomic E-state index is 0.109. The summed E-state index contributed by atoms with van der Waals surface area (Å²) in [5.74, 6) is -2.32. The van der Waals surface area contributed by atoms with Gasteiger partial charge in [-0.05, 0) is 12.1 Å². The van der Waals surface area contributed by atoms with E-state index < -0.39 is 22.0 Å². The van der Waals surface area contributed by atoms with E-state index in [0.29, 0.717) is 0 Å². The second-order valence-corrected chi connectivity index (χ2v) is 4.04. The predicted molar refractivity (Wildman–Crippen MR) is 50.4 cm³/mol. The fourth-order valence-electron chi connectivity index (χ4n) is 0.907. The Morgan fingerprint density at radius 3 is 2.47 bits per heavy atom. The lowest BCUT2D eigenvalue weighted by Gasteiger charge is -2.06. The van der Waals surface area contributed by atoms with Gasteiger partial charge in [0.05, 0.1) is 0 Å². The Morgan fingerprint density at radius 1 is 1.33 bits per heavy atom. The molecule has 0 saturated carbocycles. The van der Waals surface area contributed by atoms with E-state index in [1.165, 1.54) is 24.3 Å². The molecule has 0 amide bonds. The highest BCUT2D eigenvalue weighted by Gasteiger charge is 2.12. The molecule has 1 aromatic carbocycles. The van der Waals surface area contributed by atoms with Crippen LogP contribution in [-0.2, 0) is 10.1 Å². The van der Waals surface area contributed by atoms with Crippen molar-refractivity contribution < 1.29 is 27.6 Å². The topological polar surface area (TPSA) is 101 Å². The molecule has 6 nitrogen and oxygen atoms in total. The zero-order valence-corrected chi connectivity index (χ0v) is 8.27. The fourth-order valence-corrected chi connectivity index (χ4v) is 1.18. The fraction of sp³-hybridized carbons (Fsp3) is 0.125. The molecule has 0 unspecified atom stereocenters. The molecule has 0 aliphatic carbocycles. The van der Waals surface area contributed by atoms with Crippen LogP contribution < -0.4 is 4.74 Å². The summed E-state index contributed by atoms with van der Waals surface area (Å²) in [5, 5.41) is 8.70. The molecule has 7 heteroatoms. The van der Waals surface area contributed by atoms with Crippen molar-refractivity contribution in [2.45, 2.75) is 0 Å². The number of ether oxygens (including phenoxy) is 1. The van der Waals surface area contributed by atoms with Crippen LogP contribution in [0.4, 0.5) is 0 Å². The molecule has 0 aliphatic rings. The van der Waals surface area contributed by atoms with Crippen LogP contribution in [0.1, 0.15) is 10.4 Å². The molecule has 0 heterocycles. The summed E-state index contributed by atoms with van der Waals surface area (Å²) in [4.78, 5) is 10.7. The molecule has 1 rings (SSSR count). The van der Waals surface area contributed by atoms with E-state index in [1.807, 2.05) is 0 Å². The third-order valence-corrected chi connectivity index (χ3v) is 1.90. The first kappa shape index (κ1) is 11.5. The van der Waals surface area contributed by atoms with Gasteiger partial charge in [0.25, 0.3) is 0 Å². The highest BCUT2D eigenvalue weighted by atomic mass is 32.2. The maximum atomic E-state index is 10.7. The number of rotatable bonds is 4. The van der Waals surface area contributed by atoms with Gasteiger partial charge in [-0.2, -0.15) is 8.42 Å². The first-order valence-electron chi connectivity index (χ1n) is 3.80. The van der Waals surface area contributed by atoms with Crippen molar-refractivity contribution in [1.82, 2.24) is 0 Å². The van der Waals surface area contributed by atoms with E-state index in [4.69, 9.17) is 9.66 Å². The van der Waals surface area contributed by atoms with Gasteiger partial charge in [-0.25, -0.2) is 4.79 Å². The summed E-state index contributed by atoms with van der Waals surface area (Å²) in [5.41, 5.74) is -0.166.